The van der Waals surface area contributed by atoms with Crippen LogP contribution in [0.4, 0.5) is 5.69 Å². The number of nitrogens with zero attached hydrogens (tertiary/aromatic N) is 1. The first kappa shape index (κ1) is 15.1. The lowest BCUT2D eigenvalue weighted by Crippen LogP contribution is -2.12. The van der Waals surface area contributed by atoms with Gasteiger partial charge in [0.05, 0.1) is 22.9 Å². The van der Waals surface area contributed by atoms with Crippen molar-refractivity contribution in [3.63, 3.8) is 0 Å². The number of halogens is 1. The minimum Gasteiger partial charge on any atom is -0.506 e. The van der Waals surface area contributed by atoms with Crippen LogP contribution in [0.3, 0.4) is 0 Å². The second-order valence-electron chi connectivity index (χ2n) is 4.70. The molecule has 5 nitrogen and oxygen atoms in total. The fourth-order valence-corrected chi connectivity index (χ4v) is 1.91. The minimum absolute atomic E-state index is 0.0151. The Morgan fingerprint density at radius 1 is 1.33 bits per heavy atom. The lowest BCUT2D eigenvalue weighted by atomic mass is 10.2. The fraction of sp³-hybridized carbons (Fsp3) is 0.200. The van der Waals surface area contributed by atoms with Gasteiger partial charge in [0.15, 0.2) is 0 Å². The fourth-order valence-electron chi connectivity index (χ4n) is 1.68. The topological polar surface area (TPSA) is 71.5 Å². The number of anilines is 1. The van der Waals surface area contributed by atoms with E-state index in [-0.39, 0.29) is 23.3 Å². The standard InChI is InChI=1S/C15H15ClN2O3/c1-9(2)21-14-4-3-11(6-13(14)16)18-15(20)10-5-12(19)8-17-7-10/h3-9,19H,1-2H3,(H,18,20). The maximum atomic E-state index is 12.0. The van der Waals surface area contributed by atoms with Crippen LogP contribution in [0.2, 0.25) is 5.02 Å². The van der Waals surface area contributed by atoms with E-state index in [2.05, 4.69) is 10.3 Å². The lowest BCUT2D eigenvalue weighted by Gasteiger charge is -2.12. The Hall–Kier alpha value is -2.27. The minimum atomic E-state index is -0.382. The number of carbonyl (C=O) groups is 1. The molecule has 2 N–H and O–H groups in total. The second kappa shape index (κ2) is 6.45. The van der Waals surface area contributed by atoms with Crippen LogP contribution >= 0.6 is 11.6 Å². The number of aromatic hydroxyl groups is 1. The quantitative estimate of drug-likeness (QED) is 0.907. The number of hydrogen-bond acceptors (Lipinski definition) is 4. The van der Waals surface area contributed by atoms with Gasteiger partial charge in [0.25, 0.3) is 5.91 Å². The summed E-state index contributed by atoms with van der Waals surface area (Å²) in [6.07, 6.45) is 2.64. The van der Waals surface area contributed by atoms with Gasteiger partial charge < -0.3 is 15.2 Å². The summed E-state index contributed by atoms with van der Waals surface area (Å²) in [5.41, 5.74) is 0.790. The molecule has 0 atom stereocenters. The van der Waals surface area contributed by atoms with E-state index in [0.717, 1.165) is 0 Å². The summed E-state index contributed by atoms with van der Waals surface area (Å²) in [6.45, 7) is 3.81. The molecule has 2 rings (SSSR count). The first-order valence-corrected chi connectivity index (χ1v) is 6.75. The number of rotatable bonds is 4. The monoisotopic (exact) mass is 306 g/mol. The number of carbonyl (C=O) groups excluding carboxylic acids is 1. The van der Waals surface area contributed by atoms with Crippen molar-refractivity contribution < 1.29 is 14.6 Å². The maximum Gasteiger partial charge on any atom is 0.257 e. The largest absolute Gasteiger partial charge is 0.506 e. The molecule has 6 heteroatoms. The van der Waals surface area contributed by atoms with Crippen LogP contribution in [0.1, 0.15) is 24.2 Å². The number of aromatic nitrogens is 1. The number of pyridine rings is 1. The van der Waals surface area contributed by atoms with Gasteiger partial charge in [-0.15, -0.1) is 0 Å². The highest BCUT2D eigenvalue weighted by Gasteiger charge is 2.10. The van der Waals surface area contributed by atoms with Gasteiger partial charge in [0.2, 0.25) is 0 Å². The summed E-state index contributed by atoms with van der Waals surface area (Å²) < 4.78 is 5.52. The highest BCUT2D eigenvalue weighted by molar-refractivity contribution is 6.32. The third-order valence-electron chi connectivity index (χ3n) is 2.54. The van der Waals surface area contributed by atoms with Gasteiger partial charge in [-0.25, -0.2) is 0 Å². The van der Waals surface area contributed by atoms with E-state index in [9.17, 15) is 9.90 Å². The van der Waals surface area contributed by atoms with Gasteiger partial charge in [0.1, 0.15) is 11.5 Å². The molecular formula is C15H15ClN2O3. The molecule has 21 heavy (non-hydrogen) atoms. The third kappa shape index (κ3) is 4.10. The molecule has 1 heterocycles. The van der Waals surface area contributed by atoms with Crippen LogP contribution in [0.15, 0.2) is 36.7 Å². The van der Waals surface area contributed by atoms with Crippen molar-refractivity contribution in [1.82, 2.24) is 4.98 Å². The van der Waals surface area contributed by atoms with Gasteiger partial charge in [-0.3, -0.25) is 9.78 Å². The Kier molecular flexibility index (Phi) is 4.65. The van der Waals surface area contributed by atoms with Gasteiger partial charge in [-0.05, 0) is 38.1 Å². The lowest BCUT2D eigenvalue weighted by molar-refractivity contribution is 0.102. The molecule has 0 saturated heterocycles. The Balaban J connectivity index is 2.13. The van der Waals surface area contributed by atoms with Crippen molar-refractivity contribution in [2.75, 3.05) is 5.32 Å². The molecule has 2 aromatic rings. The van der Waals surface area contributed by atoms with E-state index >= 15 is 0 Å². The molecule has 0 aliphatic carbocycles. The van der Waals surface area contributed by atoms with Crippen LogP contribution in [-0.4, -0.2) is 22.1 Å². The van der Waals surface area contributed by atoms with Gasteiger partial charge in [0, 0.05) is 11.9 Å². The van der Waals surface area contributed by atoms with Crippen molar-refractivity contribution >= 4 is 23.2 Å². The summed E-state index contributed by atoms with van der Waals surface area (Å²) in [4.78, 5) is 15.8. The van der Waals surface area contributed by atoms with Crippen LogP contribution in [-0.2, 0) is 0 Å². The van der Waals surface area contributed by atoms with Crippen molar-refractivity contribution in [2.24, 2.45) is 0 Å². The number of ether oxygens (including phenoxy) is 1. The zero-order valence-corrected chi connectivity index (χ0v) is 12.4. The Labute approximate surface area is 127 Å². The predicted molar refractivity (Wildman–Crippen MR) is 81.1 cm³/mol. The number of benzene rings is 1. The number of amides is 1. The molecule has 0 unspecified atom stereocenters. The van der Waals surface area contributed by atoms with E-state index in [1.165, 1.54) is 18.5 Å². The van der Waals surface area contributed by atoms with E-state index in [1.54, 1.807) is 18.2 Å². The highest BCUT2D eigenvalue weighted by Crippen LogP contribution is 2.28. The first-order chi connectivity index (χ1) is 9.95. The number of hydrogen-bond donors (Lipinski definition) is 2. The summed E-state index contributed by atoms with van der Waals surface area (Å²) in [5, 5.41) is 12.4. The first-order valence-electron chi connectivity index (χ1n) is 6.37. The molecule has 0 fully saturated rings. The van der Waals surface area contributed by atoms with E-state index in [4.69, 9.17) is 16.3 Å². The van der Waals surface area contributed by atoms with Gasteiger partial charge in [-0.2, -0.15) is 0 Å². The smallest absolute Gasteiger partial charge is 0.257 e. The Morgan fingerprint density at radius 3 is 2.71 bits per heavy atom. The molecule has 1 aromatic heterocycles. The SMILES string of the molecule is CC(C)Oc1ccc(NC(=O)c2cncc(O)c2)cc1Cl. The molecule has 0 aliphatic heterocycles. The van der Waals surface area contributed by atoms with Crippen molar-refractivity contribution in [2.45, 2.75) is 20.0 Å². The molecule has 110 valence electrons. The molecule has 0 bridgehead atoms. The second-order valence-corrected chi connectivity index (χ2v) is 5.10. The Bertz CT molecular complexity index is 659. The summed E-state index contributed by atoms with van der Waals surface area (Å²) in [5.74, 6) is 0.108. The van der Waals surface area contributed by atoms with E-state index in [0.29, 0.717) is 16.5 Å². The third-order valence-corrected chi connectivity index (χ3v) is 2.83. The average molecular weight is 307 g/mol. The molecule has 1 aromatic carbocycles. The average Bonchev–Trinajstić information content (AvgIpc) is 2.41. The van der Waals surface area contributed by atoms with Crippen LogP contribution in [0.25, 0.3) is 0 Å². The molecule has 0 aliphatic rings. The summed E-state index contributed by atoms with van der Waals surface area (Å²) in [7, 11) is 0. The number of nitrogens with one attached hydrogen (secondary N) is 1. The predicted octanol–water partition coefficient (Wildman–Crippen LogP) is 3.48. The maximum absolute atomic E-state index is 12.0. The van der Waals surface area contributed by atoms with Gasteiger partial charge in [-0.1, -0.05) is 11.6 Å². The van der Waals surface area contributed by atoms with E-state index in [1.807, 2.05) is 13.8 Å². The molecule has 0 spiro atoms. The normalized spacial score (nSPS) is 10.5. The van der Waals surface area contributed by atoms with Gasteiger partial charge >= 0.3 is 0 Å². The summed E-state index contributed by atoms with van der Waals surface area (Å²) in [6, 6.07) is 6.32. The zero-order valence-electron chi connectivity index (χ0n) is 11.6. The molecular weight excluding hydrogens is 292 g/mol. The molecule has 0 radical (unpaired) electrons. The van der Waals surface area contributed by atoms with E-state index < -0.39 is 0 Å². The Morgan fingerprint density at radius 2 is 2.10 bits per heavy atom. The zero-order chi connectivity index (χ0) is 15.4. The summed E-state index contributed by atoms with van der Waals surface area (Å²) >= 11 is 6.10. The van der Waals surface area contributed by atoms with Crippen molar-refractivity contribution in [1.29, 1.82) is 0 Å². The van der Waals surface area contributed by atoms with Crippen molar-refractivity contribution in [3.05, 3.63) is 47.2 Å². The van der Waals surface area contributed by atoms with Crippen molar-refractivity contribution in [3.8, 4) is 11.5 Å². The molecule has 1 amide bonds. The highest BCUT2D eigenvalue weighted by atomic mass is 35.5. The van der Waals surface area contributed by atoms with Crippen LogP contribution < -0.4 is 10.1 Å². The van der Waals surface area contributed by atoms with Crippen LogP contribution in [0, 0.1) is 0 Å². The van der Waals surface area contributed by atoms with Crippen LogP contribution in [0.5, 0.6) is 11.5 Å². The molecule has 0 saturated carbocycles.